The van der Waals surface area contributed by atoms with E-state index in [1.807, 2.05) is 0 Å². The number of carbonyl (C=O) groups is 1. The van der Waals surface area contributed by atoms with Gasteiger partial charge in [0.25, 0.3) is 0 Å². The zero-order valence-electron chi connectivity index (χ0n) is 10.4. The highest BCUT2D eigenvalue weighted by Crippen LogP contribution is 2.30. The van der Waals surface area contributed by atoms with E-state index in [1.54, 1.807) is 19.1 Å². The van der Waals surface area contributed by atoms with Crippen LogP contribution in [0.15, 0.2) is 23.8 Å². The lowest BCUT2D eigenvalue weighted by atomic mass is 10.1. The van der Waals surface area contributed by atoms with Gasteiger partial charge >= 0.3 is 6.61 Å². The summed E-state index contributed by atoms with van der Waals surface area (Å²) in [5.41, 5.74) is 1.13. The number of halogens is 2. The van der Waals surface area contributed by atoms with Gasteiger partial charge in [0.05, 0.1) is 7.11 Å². The van der Waals surface area contributed by atoms with E-state index in [4.69, 9.17) is 4.74 Å². The first kappa shape index (κ1) is 14.2. The molecule has 0 bridgehead atoms. The third-order valence-corrected chi connectivity index (χ3v) is 2.34. The van der Waals surface area contributed by atoms with Crippen LogP contribution in [0.5, 0.6) is 11.5 Å². The normalized spacial score (nSPS) is 11.6. The Morgan fingerprint density at radius 1 is 1.28 bits per heavy atom. The van der Waals surface area contributed by atoms with Crippen LogP contribution in [0, 0.1) is 0 Å². The van der Waals surface area contributed by atoms with Gasteiger partial charge in [-0.2, -0.15) is 8.78 Å². The first-order valence-corrected chi connectivity index (χ1v) is 5.26. The lowest BCUT2D eigenvalue weighted by Gasteiger charge is -2.10. The topological polar surface area (TPSA) is 35.5 Å². The van der Waals surface area contributed by atoms with Crippen LogP contribution in [0.1, 0.15) is 19.4 Å². The van der Waals surface area contributed by atoms with Crippen molar-refractivity contribution >= 4 is 11.9 Å². The molecule has 0 saturated heterocycles. The third kappa shape index (κ3) is 3.84. The van der Waals surface area contributed by atoms with Crippen molar-refractivity contribution in [2.75, 3.05) is 7.11 Å². The Bertz CT molecular complexity index is 467. The predicted molar refractivity (Wildman–Crippen MR) is 64.0 cm³/mol. The molecule has 1 aromatic carbocycles. The molecule has 18 heavy (non-hydrogen) atoms. The Hall–Kier alpha value is -1.91. The Morgan fingerprint density at radius 3 is 2.44 bits per heavy atom. The van der Waals surface area contributed by atoms with Gasteiger partial charge in [-0.25, -0.2) is 0 Å². The molecule has 0 aromatic heterocycles. The van der Waals surface area contributed by atoms with Gasteiger partial charge in [-0.1, -0.05) is 6.07 Å². The summed E-state index contributed by atoms with van der Waals surface area (Å²) in [5.74, 6) is 0.0766. The van der Waals surface area contributed by atoms with E-state index >= 15 is 0 Å². The van der Waals surface area contributed by atoms with Crippen LogP contribution in [0.3, 0.4) is 0 Å². The van der Waals surface area contributed by atoms with Crippen molar-refractivity contribution in [1.29, 1.82) is 0 Å². The fourth-order valence-corrected chi connectivity index (χ4v) is 1.32. The quantitative estimate of drug-likeness (QED) is 0.758. The van der Waals surface area contributed by atoms with Gasteiger partial charge in [0, 0.05) is 0 Å². The van der Waals surface area contributed by atoms with Crippen molar-refractivity contribution in [2.45, 2.75) is 20.5 Å². The van der Waals surface area contributed by atoms with Crippen molar-refractivity contribution in [2.24, 2.45) is 0 Å². The van der Waals surface area contributed by atoms with Gasteiger partial charge in [0.15, 0.2) is 17.3 Å². The van der Waals surface area contributed by atoms with Crippen LogP contribution < -0.4 is 9.47 Å². The van der Waals surface area contributed by atoms with Gasteiger partial charge in [0.2, 0.25) is 0 Å². The number of ketones is 1. The number of alkyl halides is 2. The number of carbonyl (C=O) groups excluding carboxylic acids is 1. The maximum absolute atomic E-state index is 12.2. The molecular weight excluding hydrogens is 242 g/mol. The number of allylic oxidation sites excluding steroid dienone is 1. The van der Waals surface area contributed by atoms with E-state index in [9.17, 15) is 13.6 Å². The first-order chi connectivity index (χ1) is 8.43. The van der Waals surface area contributed by atoms with Crippen molar-refractivity contribution in [3.63, 3.8) is 0 Å². The van der Waals surface area contributed by atoms with Crippen LogP contribution in [-0.4, -0.2) is 19.5 Å². The summed E-state index contributed by atoms with van der Waals surface area (Å²) in [6.07, 6.45) is 1.60. The standard InChI is InChI=1S/C13H14F2O3/c1-8(9(2)16)6-10-4-5-11(17-3)12(7-10)18-13(14)15/h4-7,13H,1-3H3/b8-6-. The number of hydrogen-bond donors (Lipinski definition) is 0. The number of methoxy groups -OCH3 is 1. The maximum atomic E-state index is 12.2. The third-order valence-electron chi connectivity index (χ3n) is 2.34. The summed E-state index contributed by atoms with van der Waals surface area (Å²) in [5, 5.41) is 0. The van der Waals surface area contributed by atoms with Gasteiger partial charge in [0.1, 0.15) is 0 Å². The molecule has 0 atom stereocenters. The predicted octanol–water partition coefficient (Wildman–Crippen LogP) is 3.29. The SMILES string of the molecule is COc1ccc(/C=C(/C)C(C)=O)cc1OC(F)F. The lowest BCUT2D eigenvalue weighted by Crippen LogP contribution is -2.03. The van der Waals surface area contributed by atoms with Crippen LogP contribution in [0.25, 0.3) is 6.08 Å². The average Bonchev–Trinajstić information content (AvgIpc) is 2.28. The smallest absolute Gasteiger partial charge is 0.387 e. The van der Waals surface area contributed by atoms with Crippen molar-refractivity contribution < 1.29 is 23.0 Å². The second-order valence-corrected chi connectivity index (χ2v) is 3.67. The molecule has 0 radical (unpaired) electrons. The highest BCUT2D eigenvalue weighted by atomic mass is 19.3. The molecule has 0 fully saturated rings. The molecule has 0 aliphatic carbocycles. The zero-order chi connectivity index (χ0) is 13.7. The molecule has 0 heterocycles. The molecule has 0 aliphatic heterocycles. The molecule has 0 N–H and O–H groups in total. The van der Waals surface area contributed by atoms with Crippen LogP contribution in [-0.2, 0) is 4.79 Å². The Labute approximate surface area is 104 Å². The van der Waals surface area contributed by atoms with Gasteiger partial charge in [-0.3, -0.25) is 4.79 Å². The highest BCUT2D eigenvalue weighted by molar-refractivity contribution is 5.97. The minimum atomic E-state index is -2.92. The number of Topliss-reactive ketones (excluding diaryl/α,β-unsaturated/α-hetero) is 1. The van der Waals surface area contributed by atoms with Gasteiger partial charge < -0.3 is 9.47 Å². The average molecular weight is 256 g/mol. The fourth-order valence-electron chi connectivity index (χ4n) is 1.32. The van der Waals surface area contributed by atoms with E-state index in [1.165, 1.54) is 26.2 Å². The molecule has 98 valence electrons. The van der Waals surface area contributed by atoms with Crippen molar-refractivity contribution in [1.82, 2.24) is 0 Å². The lowest BCUT2D eigenvalue weighted by molar-refractivity contribution is -0.113. The van der Waals surface area contributed by atoms with E-state index in [0.717, 1.165) is 0 Å². The monoisotopic (exact) mass is 256 g/mol. The first-order valence-electron chi connectivity index (χ1n) is 5.26. The molecule has 1 aromatic rings. The number of benzene rings is 1. The summed E-state index contributed by atoms with van der Waals surface area (Å²) in [7, 11) is 1.37. The Kier molecular flexibility index (Phi) is 4.83. The van der Waals surface area contributed by atoms with Crippen molar-refractivity contribution in [3.05, 3.63) is 29.3 Å². The van der Waals surface area contributed by atoms with Crippen LogP contribution in [0.2, 0.25) is 0 Å². The molecule has 0 unspecified atom stereocenters. The molecule has 0 aliphatic rings. The molecule has 1 rings (SSSR count). The second kappa shape index (κ2) is 6.14. The van der Waals surface area contributed by atoms with E-state index in [-0.39, 0.29) is 17.3 Å². The molecule has 0 spiro atoms. The van der Waals surface area contributed by atoms with Gasteiger partial charge in [-0.05, 0) is 43.2 Å². The minimum Gasteiger partial charge on any atom is -0.493 e. The van der Waals surface area contributed by atoms with E-state index in [2.05, 4.69) is 4.74 Å². The number of ether oxygens (including phenoxy) is 2. The largest absolute Gasteiger partial charge is 0.493 e. The number of hydrogen-bond acceptors (Lipinski definition) is 3. The fraction of sp³-hybridized carbons (Fsp3) is 0.308. The zero-order valence-corrected chi connectivity index (χ0v) is 10.4. The summed E-state index contributed by atoms with van der Waals surface area (Å²) < 4.78 is 33.7. The second-order valence-electron chi connectivity index (χ2n) is 3.67. The molecule has 3 nitrogen and oxygen atoms in total. The van der Waals surface area contributed by atoms with Gasteiger partial charge in [-0.15, -0.1) is 0 Å². The Balaban J connectivity index is 3.10. The summed E-state index contributed by atoms with van der Waals surface area (Å²) in [4.78, 5) is 11.1. The van der Waals surface area contributed by atoms with E-state index in [0.29, 0.717) is 11.1 Å². The molecule has 0 saturated carbocycles. The summed E-state index contributed by atoms with van der Waals surface area (Å²) >= 11 is 0. The summed E-state index contributed by atoms with van der Waals surface area (Å²) in [6.45, 7) is 0.165. The maximum Gasteiger partial charge on any atom is 0.387 e. The molecular formula is C13H14F2O3. The minimum absolute atomic E-state index is 0.0578. The van der Waals surface area contributed by atoms with Crippen molar-refractivity contribution in [3.8, 4) is 11.5 Å². The van der Waals surface area contributed by atoms with Crippen LogP contribution in [0.4, 0.5) is 8.78 Å². The summed E-state index contributed by atoms with van der Waals surface area (Å²) in [6, 6.07) is 4.57. The Morgan fingerprint density at radius 2 is 1.94 bits per heavy atom. The van der Waals surface area contributed by atoms with Crippen LogP contribution >= 0.6 is 0 Å². The molecule has 0 amide bonds. The molecule has 5 heteroatoms. The highest BCUT2D eigenvalue weighted by Gasteiger charge is 2.10. The van der Waals surface area contributed by atoms with E-state index < -0.39 is 6.61 Å². The number of rotatable bonds is 5.